The Kier molecular flexibility index (Phi) is 11.3. The molecular weight excluding hydrogens is 683 g/mol. The highest BCUT2D eigenvalue weighted by molar-refractivity contribution is 5.88. The molecule has 1 aromatic heterocycles. The molecule has 0 bridgehead atoms. The van der Waals surface area contributed by atoms with Gasteiger partial charge in [-0.2, -0.15) is 5.26 Å². The highest BCUT2D eigenvalue weighted by Crippen LogP contribution is 2.53. The second-order valence-electron chi connectivity index (χ2n) is 13.5. The number of nitrogens with one attached hydrogen (secondary N) is 1. The first-order valence-corrected chi connectivity index (χ1v) is 17.3. The van der Waals surface area contributed by atoms with Crippen LogP contribution in [0.5, 0.6) is 0 Å². The minimum Gasteiger partial charge on any atom is -0.481 e. The molecule has 1 unspecified atom stereocenters. The van der Waals surface area contributed by atoms with E-state index in [1.165, 1.54) is 18.2 Å². The van der Waals surface area contributed by atoms with Crippen LogP contribution in [0.15, 0.2) is 140 Å². The van der Waals surface area contributed by atoms with Crippen molar-refractivity contribution < 1.29 is 19.7 Å². The van der Waals surface area contributed by atoms with Crippen molar-refractivity contribution in [1.29, 1.82) is 5.26 Å². The van der Waals surface area contributed by atoms with Crippen LogP contribution in [0.25, 0.3) is 10.8 Å². The van der Waals surface area contributed by atoms with E-state index in [9.17, 15) is 35.4 Å². The summed E-state index contributed by atoms with van der Waals surface area (Å²) in [5, 5.41) is 46.1. The molecule has 0 fully saturated rings. The first kappa shape index (κ1) is 38.4. The van der Waals surface area contributed by atoms with Crippen LogP contribution in [0.4, 0.5) is 17.2 Å². The molecule has 1 atom stereocenters. The maximum absolute atomic E-state index is 12.4. The molecule has 0 radical (unpaired) electrons. The van der Waals surface area contributed by atoms with Crippen molar-refractivity contribution in [2.24, 2.45) is 0 Å². The summed E-state index contributed by atoms with van der Waals surface area (Å²) in [6.45, 7) is 16.5. The number of benzene rings is 3. The standard InChI is InChI=1S/C43H41N5O6/c1-6-24-43(25-7-2,40-29(3)15-19-32-11-8-9-12-34(32)40)30(4)16-17-31(28-44)18-21-37-42(5,27-33-20-22-38(45-33)48(53)54)41-35(46(37)26-23-39(49)50)13-10-14-36(41)47(51)52/h6-22,45H,1-2,4,23-27H2,3,5H3,(H,49,50)/b17-16+,31-18-,37-21+. The molecule has 0 saturated heterocycles. The van der Waals surface area contributed by atoms with Gasteiger partial charge in [0, 0.05) is 41.6 Å². The number of aryl methyl sites for hydroxylation is 1. The molecule has 1 aliphatic rings. The molecule has 5 rings (SSSR count). The number of nitriles is 1. The third kappa shape index (κ3) is 7.27. The number of nitro groups is 2. The Morgan fingerprint density at radius 2 is 1.74 bits per heavy atom. The Morgan fingerprint density at radius 3 is 2.37 bits per heavy atom. The van der Waals surface area contributed by atoms with E-state index in [0.29, 0.717) is 35.5 Å². The quantitative estimate of drug-likeness (QED) is 0.0379. The van der Waals surface area contributed by atoms with E-state index < -0.39 is 26.6 Å². The van der Waals surface area contributed by atoms with Gasteiger partial charge in [0.1, 0.15) is 5.69 Å². The average molecular weight is 724 g/mol. The highest BCUT2D eigenvalue weighted by Gasteiger charge is 2.48. The number of aromatic nitrogens is 1. The molecule has 0 amide bonds. The smallest absolute Gasteiger partial charge is 0.321 e. The van der Waals surface area contributed by atoms with E-state index in [-0.39, 0.29) is 36.5 Å². The van der Waals surface area contributed by atoms with Crippen LogP contribution < -0.4 is 4.90 Å². The minimum absolute atomic E-state index is 0.0197. The number of hydrogen-bond acceptors (Lipinski definition) is 7. The summed E-state index contributed by atoms with van der Waals surface area (Å²) in [5.41, 5.74) is 2.90. The van der Waals surface area contributed by atoms with Gasteiger partial charge in [-0.1, -0.05) is 67.3 Å². The Bertz CT molecular complexity index is 2310. The summed E-state index contributed by atoms with van der Waals surface area (Å²) in [7, 11) is 0. The lowest BCUT2D eigenvalue weighted by molar-refractivity contribution is -0.389. The lowest BCUT2D eigenvalue weighted by Gasteiger charge is -2.36. The number of allylic oxidation sites excluding steroid dienone is 9. The molecule has 11 nitrogen and oxygen atoms in total. The van der Waals surface area contributed by atoms with Crippen LogP contribution in [0.1, 0.15) is 48.6 Å². The highest BCUT2D eigenvalue weighted by atomic mass is 16.6. The number of carbonyl (C=O) groups is 1. The van der Waals surface area contributed by atoms with Gasteiger partial charge in [0.25, 0.3) is 5.69 Å². The predicted molar refractivity (Wildman–Crippen MR) is 211 cm³/mol. The number of nitro benzene ring substituents is 1. The molecule has 0 saturated carbocycles. The van der Waals surface area contributed by atoms with Crippen molar-refractivity contribution in [2.75, 3.05) is 11.4 Å². The molecule has 0 spiro atoms. The van der Waals surface area contributed by atoms with E-state index in [1.807, 2.05) is 30.4 Å². The molecule has 4 aromatic rings. The fraction of sp³-hybridized carbons (Fsp3) is 0.209. The minimum atomic E-state index is -1.17. The van der Waals surface area contributed by atoms with E-state index in [4.69, 9.17) is 0 Å². The zero-order valence-corrected chi connectivity index (χ0v) is 30.2. The number of H-pyrrole nitrogens is 1. The monoisotopic (exact) mass is 723 g/mol. The lowest BCUT2D eigenvalue weighted by atomic mass is 9.67. The van der Waals surface area contributed by atoms with Crippen LogP contribution in [0.3, 0.4) is 0 Å². The van der Waals surface area contributed by atoms with Crippen molar-refractivity contribution in [3.05, 3.63) is 182 Å². The second-order valence-corrected chi connectivity index (χ2v) is 13.5. The van der Waals surface area contributed by atoms with Crippen LogP contribution >= 0.6 is 0 Å². The normalized spacial score (nSPS) is 16.4. The Morgan fingerprint density at radius 1 is 1.02 bits per heavy atom. The average Bonchev–Trinajstić information content (AvgIpc) is 3.70. The van der Waals surface area contributed by atoms with Gasteiger partial charge in [0.05, 0.1) is 34.2 Å². The third-order valence-electron chi connectivity index (χ3n) is 10.2. The van der Waals surface area contributed by atoms with E-state index in [1.54, 1.807) is 42.2 Å². The third-order valence-corrected chi connectivity index (χ3v) is 10.2. The van der Waals surface area contributed by atoms with Gasteiger partial charge in [0.2, 0.25) is 0 Å². The van der Waals surface area contributed by atoms with Crippen LogP contribution in [-0.2, 0) is 22.0 Å². The van der Waals surface area contributed by atoms with Gasteiger partial charge in [0.15, 0.2) is 0 Å². The van der Waals surface area contributed by atoms with Crippen LogP contribution in [0, 0.1) is 38.5 Å². The van der Waals surface area contributed by atoms with E-state index >= 15 is 0 Å². The lowest BCUT2D eigenvalue weighted by Crippen LogP contribution is -2.32. The summed E-state index contributed by atoms with van der Waals surface area (Å²) < 4.78 is 0. The number of anilines is 1. The number of carboxylic acids is 1. The molecule has 54 heavy (non-hydrogen) atoms. The van der Waals surface area contributed by atoms with Gasteiger partial charge in [-0.25, -0.2) is 4.98 Å². The number of hydrogen-bond donors (Lipinski definition) is 2. The molecule has 274 valence electrons. The first-order chi connectivity index (χ1) is 25.8. The zero-order valence-electron chi connectivity index (χ0n) is 30.2. The van der Waals surface area contributed by atoms with Crippen molar-refractivity contribution in [1.82, 2.24) is 4.98 Å². The van der Waals surface area contributed by atoms with Gasteiger partial charge in [-0.3, -0.25) is 14.9 Å². The van der Waals surface area contributed by atoms with Gasteiger partial charge >= 0.3 is 11.8 Å². The van der Waals surface area contributed by atoms with E-state index in [2.05, 4.69) is 62.0 Å². The molecule has 1 aliphatic heterocycles. The van der Waals surface area contributed by atoms with Crippen LogP contribution in [-0.4, -0.2) is 32.5 Å². The van der Waals surface area contributed by atoms with Gasteiger partial charge in [-0.05, 0) is 89.4 Å². The number of nitrogens with zero attached hydrogens (tertiary/aromatic N) is 4. The summed E-state index contributed by atoms with van der Waals surface area (Å²) in [6.07, 6.45) is 11.4. The topological polar surface area (TPSA) is 166 Å². The Balaban J connectivity index is 1.65. The van der Waals surface area contributed by atoms with Crippen molar-refractivity contribution in [3.8, 4) is 6.07 Å². The summed E-state index contributed by atoms with van der Waals surface area (Å²) in [6, 6.07) is 22.0. The molecule has 2 heterocycles. The number of carboxylic acid groups (broad SMARTS) is 1. The fourth-order valence-electron chi connectivity index (χ4n) is 7.81. The number of aliphatic carboxylic acids is 1. The Labute approximate surface area is 313 Å². The summed E-state index contributed by atoms with van der Waals surface area (Å²) >= 11 is 0. The van der Waals surface area contributed by atoms with Gasteiger partial charge in [-0.15, -0.1) is 13.2 Å². The molecule has 2 N–H and O–H groups in total. The maximum Gasteiger partial charge on any atom is 0.321 e. The van der Waals surface area contributed by atoms with Crippen LogP contribution in [0.2, 0.25) is 0 Å². The number of fused-ring (bicyclic) bond motifs is 2. The molecule has 3 aromatic carbocycles. The van der Waals surface area contributed by atoms with Crippen molar-refractivity contribution in [2.45, 2.75) is 50.4 Å². The van der Waals surface area contributed by atoms with Gasteiger partial charge < -0.3 is 20.1 Å². The van der Waals surface area contributed by atoms with E-state index in [0.717, 1.165) is 27.5 Å². The molecular formula is C43H41N5O6. The zero-order chi connectivity index (χ0) is 39.2. The maximum atomic E-state index is 12.4. The number of rotatable bonds is 16. The summed E-state index contributed by atoms with van der Waals surface area (Å²) in [5.74, 6) is -1.30. The molecule has 11 heteroatoms. The largest absolute Gasteiger partial charge is 0.481 e. The van der Waals surface area contributed by atoms with Crippen molar-refractivity contribution >= 4 is 33.9 Å². The first-order valence-electron chi connectivity index (χ1n) is 17.3. The molecule has 0 aliphatic carbocycles. The fourth-order valence-corrected chi connectivity index (χ4v) is 7.81. The Hall–Kier alpha value is -6.80. The SMILES string of the molecule is C=CCC(CC=C)(C(=C)/C=C/C(C#N)=C/C=C1/N(CCC(=O)O)c2cccc([N+](=O)[O-])c2C1(C)Cc1ccc([N+](=O)[O-])[nH]1)c1c(C)ccc2ccccc12. The summed E-state index contributed by atoms with van der Waals surface area (Å²) in [4.78, 5) is 39.1. The van der Waals surface area contributed by atoms with Crippen molar-refractivity contribution in [3.63, 3.8) is 0 Å². The predicted octanol–water partition coefficient (Wildman–Crippen LogP) is 9.62. The number of aromatic amines is 1. The second kappa shape index (κ2) is 15.8.